The van der Waals surface area contributed by atoms with Gasteiger partial charge in [0.15, 0.2) is 0 Å². The van der Waals surface area contributed by atoms with Gasteiger partial charge in [0, 0.05) is 41.3 Å². The molecular formula is C34H40N8O3. The third-order valence-electron chi connectivity index (χ3n) is 7.95. The molecule has 0 spiro atoms. The SMILES string of the molecule is C=CC(=O)Nc1cccc(C(=O)Nc2ccc(NC3NNC4=C3CN(C(=O)N[C@H](CN(C)C)c3ccccc3)C4(C)C)cc2)c1. The summed E-state index contributed by atoms with van der Waals surface area (Å²) in [6.07, 6.45) is 0.934. The normalized spacial score (nSPS) is 17.3. The molecule has 3 aromatic rings. The van der Waals surface area contributed by atoms with E-state index in [1.807, 2.05) is 87.4 Å². The van der Waals surface area contributed by atoms with Crippen molar-refractivity contribution >= 4 is 34.9 Å². The van der Waals surface area contributed by atoms with Gasteiger partial charge in [0.2, 0.25) is 5.91 Å². The minimum atomic E-state index is -0.553. The first-order valence-corrected chi connectivity index (χ1v) is 14.8. The first-order chi connectivity index (χ1) is 21.5. The lowest BCUT2D eigenvalue weighted by Crippen LogP contribution is -2.55. The Labute approximate surface area is 263 Å². The van der Waals surface area contributed by atoms with E-state index in [-0.39, 0.29) is 30.1 Å². The number of benzene rings is 3. The van der Waals surface area contributed by atoms with E-state index in [1.165, 1.54) is 6.08 Å². The Morgan fingerprint density at radius 1 is 0.978 bits per heavy atom. The fraction of sp³-hybridized carbons (Fsp3) is 0.265. The summed E-state index contributed by atoms with van der Waals surface area (Å²) >= 11 is 0. The second-order valence-electron chi connectivity index (χ2n) is 11.9. The largest absolute Gasteiger partial charge is 0.365 e. The van der Waals surface area contributed by atoms with E-state index in [0.717, 1.165) is 22.5 Å². The number of hydrazine groups is 1. The first kappa shape index (κ1) is 31.3. The molecule has 11 nitrogen and oxygen atoms in total. The van der Waals surface area contributed by atoms with Crippen LogP contribution in [0.5, 0.6) is 0 Å². The molecule has 2 atom stereocenters. The summed E-state index contributed by atoms with van der Waals surface area (Å²) in [6.45, 7) is 8.65. The molecule has 0 aromatic heterocycles. The summed E-state index contributed by atoms with van der Waals surface area (Å²) in [5.74, 6) is -0.646. The zero-order chi connectivity index (χ0) is 32.1. The van der Waals surface area contributed by atoms with Crippen LogP contribution in [0.25, 0.3) is 0 Å². The first-order valence-electron chi connectivity index (χ1n) is 14.8. The van der Waals surface area contributed by atoms with E-state index in [0.29, 0.717) is 30.0 Å². The molecule has 45 heavy (non-hydrogen) atoms. The predicted octanol–water partition coefficient (Wildman–Crippen LogP) is 4.27. The van der Waals surface area contributed by atoms with E-state index in [9.17, 15) is 14.4 Å². The second-order valence-corrected chi connectivity index (χ2v) is 11.9. The van der Waals surface area contributed by atoms with Crippen LogP contribution < -0.4 is 32.1 Å². The minimum Gasteiger partial charge on any atom is -0.365 e. The molecule has 0 fully saturated rings. The fourth-order valence-electron chi connectivity index (χ4n) is 5.59. The highest BCUT2D eigenvalue weighted by Gasteiger charge is 2.47. The summed E-state index contributed by atoms with van der Waals surface area (Å²) < 4.78 is 0. The van der Waals surface area contributed by atoms with Gasteiger partial charge in [0.25, 0.3) is 5.91 Å². The van der Waals surface area contributed by atoms with Crippen LogP contribution in [0.15, 0.2) is 103 Å². The Kier molecular flexibility index (Phi) is 9.21. The molecule has 1 unspecified atom stereocenters. The number of nitrogens with one attached hydrogen (secondary N) is 6. The van der Waals surface area contributed by atoms with Crippen molar-refractivity contribution in [3.8, 4) is 0 Å². The van der Waals surface area contributed by atoms with Crippen molar-refractivity contribution in [1.29, 1.82) is 0 Å². The van der Waals surface area contributed by atoms with Crippen LogP contribution in [0.4, 0.5) is 21.9 Å². The molecule has 4 amide bonds. The zero-order valence-electron chi connectivity index (χ0n) is 26.0. The van der Waals surface area contributed by atoms with Gasteiger partial charge in [-0.05, 0) is 82.0 Å². The number of carbonyl (C=O) groups is 3. The van der Waals surface area contributed by atoms with Gasteiger partial charge in [-0.15, -0.1) is 0 Å². The molecule has 11 heteroatoms. The average molecular weight is 609 g/mol. The maximum absolute atomic E-state index is 13.7. The number of hydrogen-bond acceptors (Lipinski definition) is 7. The lowest BCUT2D eigenvalue weighted by atomic mass is 10.0. The van der Waals surface area contributed by atoms with Crippen LogP contribution in [0.3, 0.4) is 0 Å². The molecular weight excluding hydrogens is 568 g/mol. The molecule has 6 N–H and O–H groups in total. The highest BCUT2D eigenvalue weighted by Crippen LogP contribution is 2.37. The smallest absolute Gasteiger partial charge is 0.318 e. The Hall–Kier alpha value is -5.13. The molecule has 234 valence electrons. The van der Waals surface area contributed by atoms with Crippen molar-refractivity contribution < 1.29 is 14.4 Å². The lowest BCUT2D eigenvalue weighted by Gasteiger charge is -2.36. The van der Waals surface area contributed by atoms with Gasteiger partial charge in [-0.1, -0.05) is 43.0 Å². The van der Waals surface area contributed by atoms with Gasteiger partial charge in [-0.2, -0.15) is 0 Å². The van der Waals surface area contributed by atoms with Crippen LogP contribution in [0, 0.1) is 0 Å². The molecule has 0 saturated heterocycles. The third kappa shape index (κ3) is 7.17. The predicted molar refractivity (Wildman–Crippen MR) is 177 cm³/mol. The molecule has 0 aliphatic carbocycles. The number of anilines is 3. The van der Waals surface area contributed by atoms with E-state index < -0.39 is 5.54 Å². The van der Waals surface area contributed by atoms with E-state index in [4.69, 9.17) is 0 Å². The number of carbonyl (C=O) groups excluding carboxylic acids is 3. The Bertz CT molecular complexity index is 1600. The van der Waals surface area contributed by atoms with Crippen LogP contribution in [0.2, 0.25) is 0 Å². The summed E-state index contributed by atoms with van der Waals surface area (Å²) in [4.78, 5) is 42.0. The molecule has 3 aromatic carbocycles. The number of amides is 4. The van der Waals surface area contributed by atoms with Gasteiger partial charge in [0.1, 0.15) is 6.17 Å². The van der Waals surface area contributed by atoms with Crippen LogP contribution >= 0.6 is 0 Å². The molecule has 0 radical (unpaired) electrons. The highest BCUT2D eigenvalue weighted by atomic mass is 16.2. The van der Waals surface area contributed by atoms with Crippen LogP contribution in [-0.2, 0) is 4.79 Å². The van der Waals surface area contributed by atoms with Crippen molar-refractivity contribution in [2.75, 3.05) is 43.1 Å². The van der Waals surface area contributed by atoms with Gasteiger partial charge in [-0.25, -0.2) is 10.2 Å². The molecule has 2 heterocycles. The van der Waals surface area contributed by atoms with Crippen molar-refractivity contribution in [1.82, 2.24) is 26.0 Å². The number of likely N-dealkylation sites (N-methyl/N-ethyl adjacent to an activating group) is 1. The molecule has 0 bridgehead atoms. The van der Waals surface area contributed by atoms with Crippen molar-refractivity contribution in [2.45, 2.75) is 31.6 Å². The third-order valence-corrected chi connectivity index (χ3v) is 7.95. The standard InChI is InChI=1S/C34H40N8O3/c1-6-29(43)35-26-14-10-13-23(19-26)32(44)37-25-17-15-24(16-18-25)36-31-27-20-42(34(2,3)30(27)39-40-31)33(45)38-28(21-41(4)5)22-11-8-7-9-12-22/h6-19,28,31,36,39-40H,1,20-21H2,2-5H3,(H,35,43)(H,37,44)(H,38,45)/t28-,31?/m1/s1. The molecule has 2 aliphatic heterocycles. The van der Waals surface area contributed by atoms with Gasteiger partial charge in [-0.3, -0.25) is 9.59 Å². The van der Waals surface area contributed by atoms with E-state index >= 15 is 0 Å². The van der Waals surface area contributed by atoms with Gasteiger partial charge >= 0.3 is 6.03 Å². The van der Waals surface area contributed by atoms with Crippen molar-refractivity contribution in [3.63, 3.8) is 0 Å². The fourth-order valence-corrected chi connectivity index (χ4v) is 5.59. The molecule has 5 rings (SSSR count). The number of nitrogens with zero attached hydrogens (tertiary/aromatic N) is 2. The average Bonchev–Trinajstić information content (AvgIpc) is 3.55. The summed E-state index contributed by atoms with van der Waals surface area (Å²) in [5, 5.41) is 12.3. The van der Waals surface area contributed by atoms with E-state index in [1.54, 1.807) is 24.3 Å². The maximum Gasteiger partial charge on any atom is 0.318 e. The monoisotopic (exact) mass is 608 g/mol. The van der Waals surface area contributed by atoms with E-state index in [2.05, 4.69) is 43.6 Å². The van der Waals surface area contributed by atoms with Gasteiger partial charge < -0.3 is 36.5 Å². The number of urea groups is 1. The molecule has 2 aliphatic rings. The Morgan fingerprint density at radius 2 is 1.69 bits per heavy atom. The topological polar surface area (TPSA) is 130 Å². The van der Waals surface area contributed by atoms with Gasteiger partial charge in [0.05, 0.1) is 17.3 Å². The zero-order valence-corrected chi connectivity index (χ0v) is 26.0. The second kappa shape index (κ2) is 13.2. The summed E-state index contributed by atoms with van der Waals surface area (Å²) in [5.41, 5.74) is 11.5. The van der Waals surface area contributed by atoms with Crippen LogP contribution in [0.1, 0.15) is 35.8 Å². The summed E-state index contributed by atoms with van der Waals surface area (Å²) in [6, 6.07) is 23.8. The minimum absolute atomic E-state index is 0.126. The summed E-state index contributed by atoms with van der Waals surface area (Å²) in [7, 11) is 3.99. The maximum atomic E-state index is 13.7. The lowest BCUT2D eigenvalue weighted by molar-refractivity contribution is -0.111. The quantitative estimate of drug-likeness (QED) is 0.190. The van der Waals surface area contributed by atoms with Crippen LogP contribution in [-0.4, -0.2) is 66.5 Å². The number of hydrogen-bond donors (Lipinski definition) is 6. The molecule has 0 saturated carbocycles. The Morgan fingerprint density at radius 3 is 2.38 bits per heavy atom. The highest BCUT2D eigenvalue weighted by molar-refractivity contribution is 6.06. The van der Waals surface area contributed by atoms with Crippen molar-refractivity contribution in [3.05, 3.63) is 114 Å². The Balaban J connectivity index is 1.21. The van der Waals surface area contributed by atoms with Crippen molar-refractivity contribution in [2.24, 2.45) is 0 Å². The number of rotatable bonds is 10.